The Morgan fingerprint density at radius 1 is 1.38 bits per heavy atom. The number of oxime groups is 1. The van der Waals surface area contributed by atoms with E-state index in [9.17, 15) is 0 Å². The summed E-state index contributed by atoms with van der Waals surface area (Å²) in [6.07, 6.45) is 0. The van der Waals surface area contributed by atoms with Crippen molar-refractivity contribution in [2.75, 3.05) is 37.0 Å². The van der Waals surface area contributed by atoms with Gasteiger partial charge in [-0.1, -0.05) is 18.1 Å². The predicted octanol–water partition coefficient (Wildman–Crippen LogP) is 2.76. The van der Waals surface area contributed by atoms with Crippen molar-refractivity contribution >= 4 is 23.3 Å². The van der Waals surface area contributed by atoms with E-state index in [2.05, 4.69) is 23.9 Å². The zero-order valence-electron chi connectivity index (χ0n) is 13.0. The summed E-state index contributed by atoms with van der Waals surface area (Å²) in [5, 5.41) is 12.3. The predicted molar refractivity (Wildman–Crippen MR) is 89.7 cm³/mol. The van der Waals surface area contributed by atoms with Crippen molar-refractivity contribution in [1.29, 1.82) is 0 Å². The van der Waals surface area contributed by atoms with Crippen LogP contribution in [0, 0.1) is 0 Å². The molecule has 0 spiro atoms. The summed E-state index contributed by atoms with van der Waals surface area (Å²) < 4.78 is 5.43. The van der Waals surface area contributed by atoms with Crippen LogP contribution in [-0.4, -0.2) is 43.1 Å². The Morgan fingerprint density at radius 3 is 2.71 bits per heavy atom. The topological polar surface area (TPSA) is 71.1 Å². The van der Waals surface area contributed by atoms with E-state index in [0.717, 1.165) is 35.0 Å². The summed E-state index contributed by atoms with van der Waals surface area (Å²) in [4.78, 5) is 3.21. The molecule has 21 heavy (non-hydrogen) atoms. The van der Waals surface area contributed by atoms with Crippen LogP contribution in [0.5, 0.6) is 0 Å². The number of nitrogens with zero attached hydrogens (tertiary/aromatic N) is 2. The average molecular weight is 311 g/mol. The van der Waals surface area contributed by atoms with Crippen LogP contribution in [0.3, 0.4) is 0 Å². The Balaban J connectivity index is 3.16. The van der Waals surface area contributed by atoms with Gasteiger partial charge in [-0.25, -0.2) is 0 Å². The first kappa shape index (κ1) is 17.7. The Hall–Kier alpha value is -1.40. The molecule has 1 aromatic rings. The molecular formula is C15H25N3O2S. The fourth-order valence-corrected chi connectivity index (χ4v) is 2.97. The smallest absolute Gasteiger partial charge is 0.173 e. The maximum Gasteiger partial charge on any atom is 0.173 e. The summed E-state index contributed by atoms with van der Waals surface area (Å²) in [6, 6.07) is 6.01. The van der Waals surface area contributed by atoms with Crippen molar-refractivity contribution in [1.82, 2.24) is 0 Å². The maximum absolute atomic E-state index is 9.08. The number of anilines is 1. The molecule has 0 amide bonds. The minimum Gasteiger partial charge on any atom is -0.409 e. The molecule has 118 valence electrons. The molecule has 1 rings (SSSR count). The molecule has 0 unspecified atom stereocenters. The number of rotatable bonds is 9. The van der Waals surface area contributed by atoms with Gasteiger partial charge in [0.2, 0.25) is 0 Å². The van der Waals surface area contributed by atoms with Crippen LogP contribution in [0.15, 0.2) is 28.3 Å². The maximum atomic E-state index is 9.08. The lowest BCUT2D eigenvalue weighted by molar-refractivity contribution is 0.154. The molecule has 5 nitrogen and oxygen atoms in total. The average Bonchev–Trinajstić information content (AvgIpc) is 2.51. The molecule has 0 saturated carbocycles. The SMILES string of the molecule is CCOCCN(CC)c1cccc(SCC)c1/C(N)=N/O. The molecule has 3 N–H and O–H groups in total. The van der Waals surface area contributed by atoms with E-state index in [4.69, 9.17) is 15.7 Å². The minimum absolute atomic E-state index is 0.149. The van der Waals surface area contributed by atoms with Crippen LogP contribution in [0.25, 0.3) is 0 Å². The lowest BCUT2D eigenvalue weighted by atomic mass is 10.1. The summed E-state index contributed by atoms with van der Waals surface area (Å²) >= 11 is 1.69. The van der Waals surface area contributed by atoms with Gasteiger partial charge in [-0.15, -0.1) is 11.8 Å². The molecule has 0 fully saturated rings. The Labute approximate surface area is 131 Å². The van der Waals surface area contributed by atoms with Crippen molar-refractivity contribution in [2.24, 2.45) is 10.9 Å². The summed E-state index contributed by atoms with van der Waals surface area (Å²) in [6.45, 7) is 9.12. The molecule has 0 aromatic heterocycles. The van der Waals surface area contributed by atoms with Gasteiger partial charge >= 0.3 is 0 Å². The van der Waals surface area contributed by atoms with E-state index >= 15 is 0 Å². The second kappa shape index (κ2) is 9.52. The number of benzene rings is 1. The zero-order valence-corrected chi connectivity index (χ0v) is 13.8. The third-order valence-corrected chi connectivity index (χ3v) is 4.04. The van der Waals surface area contributed by atoms with Crippen molar-refractivity contribution in [3.05, 3.63) is 23.8 Å². The van der Waals surface area contributed by atoms with Crippen LogP contribution in [0.2, 0.25) is 0 Å². The summed E-state index contributed by atoms with van der Waals surface area (Å²) in [7, 11) is 0. The molecule has 0 saturated heterocycles. The standard InChI is InChI=1S/C15H25N3O2S/c1-4-18(10-11-20-5-2)12-8-7-9-13(21-6-3)14(12)15(16)17-19/h7-9,19H,4-6,10-11H2,1-3H3,(H2,16,17). The largest absolute Gasteiger partial charge is 0.409 e. The van der Waals surface area contributed by atoms with E-state index in [1.54, 1.807) is 11.8 Å². The number of hydrogen-bond acceptors (Lipinski definition) is 5. The molecule has 0 aliphatic rings. The van der Waals surface area contributed by atoms with Gasteiger partial charge < -0.3 is 20.6 Å². The molecule has 0 aliphatic carbocycles. The van der Waals surface area contributed by atoms with E-state index in [-0.39, 0.29) is 5.84 Å². The quantitative estimate of drug-likeness (QED) is 0.183. The Kier molecular flexibility index (Phi) is 8.00. The highest BCUT2D eigenvalue weighted by Crippen LogP contribution is 2.30. The fourth-order valence-electron chi connectivity index (χ4n) is 2.13. The van der Waals surface area contributed by atoms with E-state index in [1.165, 1.54) is 0 Å². The molecule has 6 heteroatoms. The highest BCUT2D eigenvalue weighted by molar-refractivity contribution is 7.99. The second-order valence-corrected chi connectivity index (χ2v) is 5.65. The van der Waals surface area contributed by atoms with Crippen molar-refractivity contribution < 1.29 is 9.94 Å². The number of likely N-dealkylation sites (N-methyl/N-ethyl adjacent to an activating group) is 1. The number of hydrogen-bond donors (Lipinski definition) is 2. The lowest BCUT2D eigenvalue weighted by Gasteiger charge is -2.26. The molecule has 0 bridgehead atoms. The molecule has 0 aliphatic heterocycles. The molecule has 0 heterocycles. The summed E-state index contributed by atoms with van der Waals surface area (Å²) in [5.74, 6) is 1.08. The first-order valence-electron chi connectivity index (χ1n) is 7.25. The van der Waals surface area contributed by atoms with Gasteiger partial charge in [-0.2, -0.15) is 0 Å². The van der Waals surface area contributed by atoms with Gasteiger partial charge in [0.05, 0.1) is 12.2 Å². The van der Waals surface area contributed by atoms with Crippen LogP contribution in [0.1, 0.15) is 26.3 Å². The van der Waals surface area contributed by atoms with Gasteiger partial charge in [-0.05, 0) is 31.7 Å². The lowest BCUT2D eigenvalue weighted by Crippen LogP contribution is -2.30. The molecular weight excluding hydrogens is 286 g/mol. The highest BCUT2D eigenvalue weighted by Gasteiger charge is 2.17. The number of ether oxygens (including phenoxy) is 1. The number of thioether (sulfide) groups is 1. The summed E-state index contributed by atoms with van der Waals surface area (Å²) in [5.41, 5.74) is 7.68. The van der Waals surface area contributed by atoms with Crippen molar-refractivity contribution in [3.63, 3.8) is 0 Å². The first-order valence-corrected chi connectivity index (χ1v) is 8.24. The third-order valence-electron chi connectivity index (χ3n) is 3.10. The minimum atomic E-state index is 0.149. The van der Waals surface area contributed by atoms with Crippen molar-refractivity contribution in [2.45, 2.75) is 25.7 Å². The Morgan fingerprint density at radius 2 is 2.14 bits per heavy atom. The van der Waals surface area contributed by atoms with E-state index in [0.29, 0.717) is 13.2 Å². The van der Waals surface area contributed by atoms with Gasteiger partial charge in [-0.3, -0.25) is 0 Å². The monoisotopic (exact) mass is 311 g/mol. The Bertz CT molecular complexity index is 466. The molecule has 1 aromatic carbocycles. The zero-order chi connectivity index (χ0) is 15.7. The van der Waals surface area contributed by atoms with Gasteiger partial charge in [0.15, 0.2) is 5.84 Å². The van der Waals surface area contributed by atoms with Gasteiger partial charge in [0.25, 0.3) is 0 Å². The van der Waals surface area contributed by atoms with E-state index in [1.807, 2.05) is 25.1 Å². The second-order valence-electron chi connectivity index (χ2n) is 4.35. The third kappa shape index (κ3) is 4.82. The molecule has 0 radical (unpaired) electrons. The van der Waals surface area contributed by atoms with Crippen LogP contribution in [-0.2, 0) is 4.74 Å². The van der Waals surface area contributed by atoms with E-state index < -0.39 is 0 Å². The van der Waals surface area contributed by atoms with Crippen LogP contribution in [0.4, 0.5) is 5.69 Å². The van der Waals surface area contributed by atoms with Gasteiger partial charge in [0.1, 0.15) is 0 Å². The molecule has 0 atom stereocenters. The highest BCUT2D eigenvalue weighted by atomic mass is 32.2. The van der Waals surface area contributed by atoms with Crippen molar-refractivity contribution in [3.8, 4) is 0 Å². The number of nitrogens with two attached hydrogens (primary N) is 1. The van der Waals surface area contributed by atoms with Gasteiger partial charge in [0, 0.05) is 30.3 Å². The fraction of sp³-hybridized carbons (Fsp3) is 0.533. The van der Waals surface area contributed by atoms with Crippen LogP contribution >= 0.6 is 11.8 Å². The van der Waals surface area contributed by atoms with Crippen LogP contribution < -0.4 is 10.6 Å². The first-order chi connectivity index (χ1) is 10.2. The normalized spacial score (nSPS) is 11.7. The number of amidine groups is 1.